The number of hydrogen-bond donors (Lipinski definition) is 5. The topological polar surface area (TPSA) is 170 Å². The van der Waals surface area contributed by atoms with Crippen molar-refractivity contribution in [1.29, 1.82) is 0 Å². The van der Waals surface area contributed by atoms with Crippen molar-refractivity contribution >= 4 is 27.5 Å². The molecule has 2 aromatic carbocycles. The van der Waals surface area contributed by atoms with Gasteiger partial charge in [-0.2, -0.15) is 0 Å². The maximum absolute atomic E-state index is 12.3. The fraction of sp³-hybridized carbons (Fsp3) is 0.0526. The number of hydrazine groups is 1. The van der Waals surface area contributed by atoms with Crippen molar-refractivity contribution < 1.29 is 18.0 Å². The standard InChI is InChI=1S/C19H17N5O6S/c1-11-2-4-12(5-3-11)16(25)22-23-17(26)13-6-8-14(9-7-13)24-31(29,30)15-10-20-19(28)21-18(15)27/h2-10,24H,1H3,(H,22,25)(H,23,26)(H2,20,21,27,28). The van der Waals surface area contributed by atoms with Gasteiger partial charge in [0.15, 0.2) is 4.90 Å². The third-order valence-corrected chi connectivity index (χ3v) is 5.46. The highest BCUT2D eigenvalue weighted by Gasteiger charge is 2.19. The first-order valence-electron chi connectivity index (χ1n) is 8.78. The fourth-order valence-corrected chi connectivity index (χ4v) is 3.53. The molecular weight excluding hydrogens is 426 g/mol. The average Bonchev–Trinajstić information content (AvgIpc) is 2.72. The van der Waals surface area contributed by atoms with Crippen LogP contribution >= 0.6 is 0 Å². The number of aromatic amines is 2. The van der Waals surface area contributed by atoms with Crippen molar-refractivity contribution in [2.24, 2.45) is 0 Å². The summed E-state index contributed by atoms with van der Waals surface area (Å²) in [5.74, 6) is -1.11. The number of carbonyl (C=O) groups is 2. The maximum atomic E-state index is 12.3. The van der Waals surface area contributed by atoms with E-state index in [2.05, 4.69) is 20.6 Å². The molecule has 0 unspecified atom stereocenters. The average molecular weight is 443 g/mol. The molecule has 3 rings (SSSR count). The van der Waals surface area contributed by atoms with E-state index in [0.717, 1.165) is 11.8 Å². The molecule has 0 saturated heterocycles. The van der Waals surface area contributed by atoms with Gasteiger partial charge in [0, 0.05) is 23.0 Å². The number of carbonyl (C=O) groups excluding carboxylic acids is 2. The third kappa shape index (κ3) is 5.25. The third-order valence-electron chi connectivity index (χ3n) is 4.08. The van der Waals surface area contributed by atoms with Crippen LogP contribution in [-0.2, 0) is 10.0 Å². The predicted octanol–water partition coefficient (Wildman–Crippen LogP) is 0.247. The minimum Gasteiger partial charge on any atom is -0.313 e. The number of hydrogen-bond acceptors (Lipinski definition) is 6. The van der Waals surface area contributed by atoms with Crippen molar-refractivity contribution in [3.05, 3.63) is 92.3 Å². The number of amides is 2. The number of sulfonamides is 1. The van der Waals surface area contributed by atoms with Crippen molar-refractivity contribution in [2.75, 3.05) is 4.72 Å². The van der Waals surface area contributed by atoms with Crippen LogP contribution in [0, 0.1) is 6.92 Å². The molecule has 1 aromatic heterocycles. The molecule has 0 fully saturated rings. The summed E-state index contributed by atoms with van der Waals surface area (Å²) in [6.07, 6.45) is 0.780. The van der Waals surface area contributed by atoms with Gasteiger partial charge in [-0.15, -0.1) is 0 Å². The van der Waals surface area contributed by atoms with Crippen molar-refractivity contribution in [3.8, 4) is 0 Å². The van der Waals surface area contributed by atoms with Crippen LogP contribution in [0.2, 0.25) is 0 Å². The summed E-state index contributed by atoms with van der Waals surface area (Å²) in [5.41, 5.74) is 4.21. The van der Waals surface area contributed by atoms with Crippen LogP contribution in [0.3, 0.4) is 0 Å². The molecule has 0 aliphatic heterocycles. The number of benzene rings is 2. The Morgan fingerprint density at radius 2 is 1.35 bits per heavy atom. The minimum absolute atomic E-state index is 0.0749. The summed E-state index contributed by atoms with van der Waals surface area (Å²) in [7, 11) is -4.27. The lowest BCUT2D eigenvalue weighted by atomic mass is 10.1. The molecule has 0 bridgehead atoms. The van der Waals surface area contributed by atoms with E-state index in [1.165, 1.54) is 24.3 Å². The van der Waals surface area contributed by atoms with E-state index in [0.29, 0.717) is 5.56 Å². The molecule has 0 aliphatic carbocycles. The Balaban J connectivity index is 1.64. The number of aryl methyl sites for hydroxylation is 1. The SMILES string of the molecule is Cc1ccc(C(=O)NNC(=O)c2ccc(NS(=O)(=O)c3c[nH]c(=O)[nH]c3=O)cc2)cc1. The summed E-state index contributed by atoms with van der Waals surface area (Å²) < 4.78 is 26.8. The molecule has 0 atom stereocenters. The van der Waals surface area contributed by atoms with Gasteiger partial charge in [-0.05, 0) is 43.3 Å². The van der Waals surface area contributed by atoms with Gasteiger partial charge in [-0.3, -0.25) is 34.9 Å². The Labute approximate surface area is 175 Å². The lowest BCUT2D eigenvalue weighted by Crippen LogP contribution is -2.41. The summed E-state index contributed by atoms with van der Waals surface area (Å²) >= 11 is 0. The van der Waals surface area contributed by atoms with E-state index in [1.54, 1.807) is 24.3 Å². The number of anilines is 1. The molecule has 1 heterocycles. The Kier molecular flexibility index (Phi) is 6.02. The van der Waals surface area contributed by atoms with Crippen LogP contribution in [0.25, 0.3) is 0 Å². The van der Waals surface area contributed by atoms with Crippen molar-refractivity contribution in [3.63, 3.8) is 0 Å². The van der Waals surface area contributed by atoms with Gasteiger partial charge in [0.2, 0.25) is 0 Å². The Morgan fingerprint density at radius 1 is 0.839 bits per heavy atom. The van der Waals surface area contributed by atoms with E-state index in [1.807, 2.05) is 11.9 Å². The van der Waals surface area contributed by atoms with E-state index in [-0.39, 0.29) is 11.3 Å². The molecule has 160 valence electrons. The first-order chi connectivity index (χ1) is 14.7. The Bertz CT molecular complexity index is 1340. The first-order valence-corrected chi connectivity index (χ1v) is 10.3. The normalized spacial score (nSPS) is 10.9. The quantitative estimate of drug-likeness (QED) is 0.354. The number of aromatic nitrogens is 2. The van der Waals surface area contributed by atoms with E-state index in [4.69, 9.17) is 0 Å². The lowest BCUT2D eigenvalue weighted by molar-refractivity contribution is 0.0846. The second-order valence-corrected chi connectivity index (χ2v) is 8.04. The zero-order valence-electron chi connectivity index (χ0n) is 16.1. The predicted molar refractivity (Wildman–Crippen MR) is 111 cm³/mol. The zero-order chi connectivity index (χ0) is 22.6. The number of nitrogens with one attached hydrogen (secondary N) is 5. The summed E-state index contributed by atoms with van der Waals surface area (Å²) in [5, 5.41) is 0. The second kappa shape index (κ2) is 8.67. The van der Waals surface area contributed by atoms with Crippen LogP contribution in [0.4, 0.5) is 5.69 Å². The van der Waals surface area contributed by atoms with Crippen LogP contribution < -0.4 is 26.8 Å². The van der Waals surface area contributed by atoms with Gasteiger partial charge in [0.25, 0.3) is 27.4 Å². The molecule has 12 heteroatoms. The Hall–Kier alpha value is -4.19. The van der Waals surface area contributed by atoms with Gasteiger partial charge < -0.3 is 4.98 Å². The molecule has 31 heavy (non-hydrogen) atoms. The van der Waals surface area contributed by atoms with Gasteiger partial charge in [-0.1, -0.05) is 17.7 Å². The summed E-state index contributed by atoms with van der Waals surface area (Å²) in [4.78, 5) is 50.2. The van der Waals surface area contributed by atoms with Crippen LogP contribution in [0.1, 0.15) is 26.3 Å². The van der Waals surface area contributed by atoms with Crippen LogP contribution in [-0.4, -0.2) is 30.2 Å². The minimum atomic E-state index is -4.27. The van der Waals surface area contributed by atoms with Gasteiger partial charge >= 0.3 is 5.69 Å². The zero-order valence-corrected chi connectivity index (χ0v) is 16.9. The molecule has 2 amide bonds. The number of rotatable bonds is 5. The van der Waals surface area contributed by atoms with Gasteiger partial charge in [-0.25, -0.2) is 13.2 Å². The molecule has 0 spiro atoms. The second-order valence-electron chi connectivity index (χ2n) is 6.39. The maximum Gasteiger partial charge on any atom is 0.325 e. The molecule has 0 aliphatic rings. The van der Waals surface area contributed by atoms with Crippen LogP contribution in [0.5, 0.6) is 0 Å². The molecule has 5 N–H and O–H groups in total. The Morgan fingerprint density at radius 3 is 1.87 bits per heavy atom. The summed E-state index contributed by atoms with van der Waals surface area (Å²) in [6, 6.07) is 12.0. The number of H-pyrrole nitrogens is 2. The molecule has 0 radical (unpaired) electrons. The van der Waals surface area contributed by atoms with E-state index >= 15 is 0 Å². The monoisotopic (exact) mass is 443 g/mol. The van der Waals surface area contributed by atoms with Crippen molar-refractivity contribution in [2.45, 2.75) is 11.8 Å². The fourth-order valence-electron chi connectivity index (χ4n) is 2.46. The highest BCUT2D eigenvalue weighted by atomic mass is 32.2. The van der Waals surface area contributed by atoms with E-state index in [9.17, 15) is 27.6 Å². The smallest absolute Gasteiger partial charge is 0.313 e. The van der Waals surface area contributed by atoms with Crippen molar-refractivity contribution in [1.82, 2.24) is 20.8 Å². The largest absolute Gasteiger partial charge is 0.325 e. The van der Waals surface area contributed by atoms with E-state index < -0.39 is 38.0 Å². The summed E-state index contributed by atoms with van der Waals surface area (Å²) in [6.45, 7) is 1.88. The first kappa shape index (κ1) is 21.5. The molecular formula is C19H17N5O6S. The molecule has 0 saturated carbocycles. The molecule has 11 nitrogen and oxygen atoms in total. The highest BCUT2D eigenvalue weighted by molar-refractivity contribution is 7.92. The van der Waals surface area contributed by atoms with Gasteiger partial charge in [0.1, 0.15) is 0 Å². The van der Waals surface area contributed by atoms with Crippen LogP contribution in [0.15, 0.2) is 69.2 Å². The molecule has 3 aromatic rings. The van der Waals surface area contributed by atoms with Gasteiger partial charge in [0.05, 0.1) is 0 Å². The lowest BCUT2D eigenvalue weighted by Gasteiger charge is -2.09. The highest BCUT2D eigenvalue weighted by Crippen LogP contribution is 2.14.